The van der Waals surface area contributed by atoms with Gasteiger partial charge in [0, 0.05) is 33.3 Å². The Balaban J connectivity index is 1.82. The van der Waals surface area contributed by atoms with E-state index in [-0.39, 0.29) is 5.91 Å². The highest BCUT2D eigenvalue weighted by molar-refractivity contribution is 5.96. The predicted octanol–water partition coefficient (Wildman–Crippen LogP) is 0.989. The van der Waals surface area contributed by atoms with Crippen LogP contribution in [0.3, 0.4) is 0 Å². The lowest BCUT2D eigenvalue weighted by Crippen LogP contribution is -2.29. The average Bonchev–Trinajstić information content (AvgIpc) is 2.83. The third-order valence-corrected chi connectivity index (χ3v) is 3.13. The lowest BCUT2D eigenvalue weighted by atomic mass is 10.2. The molecular formula is C14H20N6O2. The van der Waals surface area contributed by atoms with E-state index in [1.165, 1.54) is 0 Å². The Hall–Kier alpha value is -2.64. The summed E-state index contributed by atoms with van der Waals surface area (Å²) in [7, 11) is 3.87. The smallest absolute Gasteiger partial charge is 0.256 e. The maximum absolute atomic E-state index is 12.0. The number of nitrogens with zero attached hydrogens (tertiary/aromatic N) is 4. The molecule has 2 aromatic rings. The van der Waals surface area contributed by atoms with Gasteiger partial charge in [-0.05, 0) is 13.8 Å². The van der Waals surface area contributed by atoms with Crippen molar-refractivity contribution in [2.24, 2.45) is 0 Å². The molecule has 0 fully saturated rings. The second-order valence-electron chi connectivity index (χ2n) is 5.08. The molecule has 0 aliphatic heterocycles. The van der Waals surface area contributed by atoms with Gasteiger partial charge < -0.3 is 20.1 Å². The Kier molecular flexibility index (Phi) is 4.92. The fraction of sp³-hybridized carbons (Fsp3) is 0.429. The van der Waals surface area contributed by atoms with Gasteiger partial charge in [-0.1, -0.05) is 5.16 Å². The van der Waals surface area contributed by atoms with E-state index in [4.69, 9.17) is 4.52 Å². The molecule has 0 aliphatic carbocycles. The van der Waals surface area contributed by atoms with Crippen molar-refractivity contribution in [2.45, 2.75) is 13.8 Å². The number of carbonyl (C=O) groups is 1. The number of rotatable bonds is 6. The van der Waals surface area contributed by atoms with E-state index in [1.54, 1.807) is 20.0 Å². The van der Waals surface area contributed by atoms with Crippen LogP contribution in [0.15, 0.2) is 16.8 Å². The number of carbonyl (C=O) groups excluding carboxylic acids is 1. The van der Waals surface area contributed by atoms with Crippen LogP contribution >= 0.6 is 0 Å². The fourth-order valence-corrected chi connectivity index (χ4v) is 1.95. The zero-order chi connectivity index (χ0) is 16.1. The van der Waals surface area contributed by atoms with Gasteiger partial charge in [0.2, 0.25) is 0 Å². The first-order valence-electron chi connectivity index (χ1n) is 6.94. The monoisotopic (exact) mass is 304 g/mol. The quantitative estimate of drug-likeness (QED) is 0.768. The van der Waals surface area contributed by atoms with Crippen LogP contribution in [-0.2, 0) is 0 Å². The van der Waals surface area contributed by atoms with Gasteiger partial charge in [0.15, 0.2) is 5.82 Å². The van der Waals surface area contributed by atoms with Crippen molar-refractivity contribution in [3.05, 3.63) is 29.3 Å². The minimum atomic E-state index is -0.189. The summed E-state index contributed by atoms with van der Waals surface area (Å²) < 4.78 is 4.98. The molecule has 2 N–H and O–H groups in total. The molecule has 2 aromatic heterocycles. The lowest BCUT2D eigenvalue weighted by molar-refractivity contribution is 0.0953. The lowest BCUT2D eigenvalue weighted by Gasteiger charge is -2.13. The molecule has 0 radical (unpaired) electrons. The Morgan fingerprint density at radius 2 is 2.09 bits per heavy atom. The first kappa shape index (κ1) is 15.7. The van der Waals surface area contributed by atoms with Gasteiger partial charge in [-0.15, -0.1) is 5.10 Å². The van der Waals surface area contributed by atoms with Gasteiger partial charge in [0.25, 0.3) is 5.91 Å². The van der Waals surface area contributed by atoms with E-state index >= 15 is 0 Å². The van der Waals surface area contributed by atoms with Crippen molar-refractivity contribution < 1.29 is 9.32 Å². The highest BCUT2D eigenvalue weighted by atomic mass is 16.5. The molecule has 0 bridgehead atoms. The third kappa shape index (κ3) is 3.72. The molecular weight excluding hydrogens is 284 g/mol. The average molecular weight is 304 g/mol. The van der Waals surface area contributed by atoms with E-state index in [0.29, 0.717) is 35.9 Å². The van der Waals surface area contributed by atoms with Crippen molar-refractivity contribution >= 4 is 17.4 Å². The van der Waals surface area contributed by atoms with Crippen LogP contribution in [0, 0.1) is 13.8 Å². The Bertz CT molecular complexity index is 633. The third-order valence-electron chi connectivity index (χ3n) is 3.13. The summed E-state index contributed by atoms with van der Waals surface area (Å²) in [5, 5.41) is 17.6. The Labute approximate surface area is 128 Å². The number of nitrogens with one attached hydrogen (secondary N) is 2. The zero-order valence-electron chi connectivity index (χ0n) is 13.2. The van der Waals surface area contributed by atoms with Crippen molar-refractivity contribution in [2.75, 3.05) is 37.4 Å². The van der Waals surface area contributed by atoms with Gasteiger partial charge in [0.05, 0.1) is 17.6 Å². The molecule has 2 heterocycles. The standard InChI is InChI=1S/C14H20N6O2/c1-9-13(10(2)22-19-9)14(21)16-6-5-15-12-7-11(20(3)4)8-17-18-12/h7-8H,5-6H2,1-4H3,(H,15,18)(H,16,21). The van der Waals surface area contributed by atoms with Crippen LogP contribution in [0.4, 0.5) is 11.5 Å². The van der Waals surface area contributed by atoms with Gasteiger partial charge in [0.1, 0.15) is 11.3 Å². The van der Waals surface area contributed by atoms with Crippen LogP contribution in [0.1, 0.15) is 21.8 Å². The van der Waals surface area contributed by atoms with E-state index in [1.807, 2.05) is 25.1 Å². The van der Waals surface area contributed by atoms with Crippen LogP contribution in [0.5, 0.6) is 0 Å². The molecule has 0 atom stereocenters. The van der Waals surface area contributed by atoms with Crippen LogP contribution in [-0.4, -0.2) is 48.4 Å². The number of hydrogen-bond donors (Lipinski definition) is 2. The van der Waals surface area contributed by atoms with Crippen LogP contribution < -0.4 is 15.5 Å². The number of amides is 1. The van der Waals surface area contributed by atoms with E-state index in [9.17, 15) is 4.79 Å². The molecule has 2 rings (SSSR count). The van der Waals surface area contributed by atoms with Gasteiger partial charge >= 0.3 is 0 Å². The minimum absolute atomic E-state index is 0.189. The van der Waals surface area contributed by atoms with Gasteiger partial charge in [-0.25, -0.2) is 0 Å². The maximum atomic E-state index is 12.0. The predicted molar refractivity (Wildman–Crippen MR) is 83.2 cm³/mol. The summed E-state index contributed by atoms with van der Waals surface area (Å²) in [5.41, 5.74) is 2.04. The topological polar surface area (TPSA) is 96.2 Å². The number of anilines is 2. The SMILES string of the molecule is Cc1noc(C)c1C(=O)NCCNc1cc(N(C)C)cnn1. The molecule has 8 heteroatoms. The van der Waals surface area contributed by atoms with Crippen molar-refractivity contribution in [1.82, 2.24) is 20.7 Å². The van der Waals surface area contributed by atoms with E-state index in [2.05, 4.69) is 26.0 Å². The summed E-state index contributed by atoms with van der Waals surface area (Å²) >= 11 is 0. The molecule has 1 amide bonds. The highest BCUT2D eigenvalue weighted by Crippen LogP contribution is 2.13. The Morgan fingerprint density at radius 1 is 1.32 bits per heavy atom. The molecule has 0 aliphatic rings. The first-order valence-corrected chi connectivity index (χ1v) is 6.94. The minimum Gasteiger partial charge on any atom is -0.376 e. The molecule has 0 spiro atoms. The fourth-order valence-electron chi connectivity index (χ4n) is 1.95. The molecule has 0 saturated carbocycles. The van der Waals surface area contributed by atoms with Crippen LogP contribution in [0.25, 0.3) is 0 Å². The number of hydrogen-bond acceptors (Lipinski definition) is 7. The first-order chi connectivity index (χ1) is 10.5. The number of aryl methyl sites for hydroxylation is 2. The van der Waals surface area contributed by atoms with Crippen molar-refractivity contribution in [3.8, 4) is 0 Å². The largest absolute Gasteiger partial charge is 0.376 e. The summed E-state index contributed by atoms with van der Waals surface area (Å²) in [6, 6.07) is 1.89. The summed E-state index contributed by atoms with van der Waals surface area (Å²) in [6.45, 7) is 4.46. The summed E-state index contributed by atoms with van der Waals surface area (Å²) in [5.74, 6) is 0.997. The molecule has 0 saturated heterocycles. The summed E-state index contributed by atoms with van der Waals surface area (Å²) in [6.07, 6.45) is 1.68. The van der Waals surface area contributed by atoms with E-state index in [0.717, 1.165) is 5.69 Å². The van der Waals surface area contributed by atoms with Crippen molar-refractivity contribution in [1.29, 1.82) is 0 Å². The van der Waals surface area contributed by atoms with Gasteiger partial charge in [-0.2, -0.15) is 5.10 Å². The van der Waals surface area contributed by atoms with Gasteiger partial charge in [-0.3, -0.25) is 4.79 Å². The number of aromatic nitrogens is 3. The van der Waals surface area contributed by atoms with Crippen molar-refractivity contribution in [3.63, 3.8) is 0 Å². The second-order valence-corrected chi connectivity index (χ2v) is 5.08. The maximum Gasteiger partial charge on any atom is 0.256 e. The van der Waals surface area contributed by atoms with Crippen LogP contribution in [0.2, 0.25) is 0 Å². The molecule has 0 unspecified atom stereocenters. The summed E-state index contributed by atoms with van der Waals surface area (Å²) in [4.78, 5) is 14.0. The molecule has 8 nitrogen and oxygen atoms in total. The van der Waals surface area contributed by atoms with E-state index < -0.39 is 0 Å². The second kappa shape index (κ2) is 6.88. The molecule has 118 valence electrons. The Morgan fingerprint density at radius 3 is 2.73 bits per heavy atom. The zero-order valence-corrected chi connectivity index (χ0v) is 13.2. The highest BCUT2D eigenvalue weighted by Gasteiger charge is 2.16. The molecule has 22 heavy (non-hydrogen) atoms. The normalized spacial score (nSPS) is 10.4. The molecule has 0 aromatic carbocycles.